The average molecular weight is 404 g/mol. The molecule has 0 saturated carbocycles. The first-order valence-electron chi connectivity index (χ1n) is 9.60. The van der Waals surface area contributed by atoms with Gasteiger partial charge in [-0.25, -0.2) is 4.79 Å². The summed E-state index contributed by atoms with van der Waals surface area (Å²) < 4.78 is 0. The molecule has 0 radical (unpaired) electrons. The molecule has 0 unspecified atom stereocenters. The van der Waals surface area contributed by atoms with E-state index in [1.807, 2.05) is 12.1 Å². The Labute approximate surface area is 173 Å². The summed E-state index contributed by atoms with van der Waals surface area (Å²) in [5.41, 5.74) is 3.95. The first-order chi connectivity index (χ1) is 14.1. The highest BCUT2D eigenvalue weighted by Crippen LogP contribution is 2.32. The van der Waals surface area contributed by atoms with E-state index >= 15 is 0 Å². The molecule has 5 heteroatoms. The summed E-state index contributed by atoms with van der Waals surface area (Å²) in [6.07, 6.45) is 5.82. The lowest BCUT2D eigenvalue weighted by Gasteiger charge is -2.21. The van der Waals surface area contributed by atoms with Gasteiger partial charge in [-0.2, -0.15) is 0 Å². The Hall–Kier alpha value is -3.18. The number of thiophene rings is 1. The van der Waals surface area contributed by atoms with Crippen LogP contribution in [0.5, 0.6) is 0 Å². The third kappa shape index (κ3) is 4.30. The molecular formula is C24H21NO3S. The molecule has 1 aromatic heterocycles. The van der Waals surface area contributed by atoms with Gasteiger partial charge in [-0.1, -0.05) is 24.3 Å². The SMILES string of the molecule is O=C(O)c1ccc(C(=O)C=Cc2cc(-c3cccs3)ccc2N2CCCC2)cc1. The summed E-state index contributed by atoms with van der Waals surface area (Å²) in [5, 5.41) is 11.1. The molecular weight excluding hydrogens is 382 g/mol. The van der Waals surface area contributed by atoms with Crippen molar-refractivity contribution in [2.75, 3.05) is 18.0 Å². The zero-order valence-corrected chi connectivity index (χ0v) is 16.7. The maximum absolute atomic E-state index is 12.6. The summed E-state index contributed by atoms with van der Waals surface area (Å²) in [6, 6.07) is 16.6. The smallest absolute Gasteiger partial charge is 0.335 e. The normalized spacial score (nSPS) is 13.9. The molecule has 4 rings (SSSR count). The van der Waals surface area contributed by atoms with Crippen LogP contribution >= 0.6 is 11.3 Å². The van der Waals surface area contributed by atoms with Gasteiger partial charge >= 0.3 is 5.97 Å². The van der Waals surface area contributed by atoms with E-state index in [4.69, 9.17) is 5.11 Å². The molecule has 0 bridgehead atoms. The summed E-state index contributed by atoms with van der Waals surface area (Å²) in [7, 11) is 0. The van der Waals surface area contributed by atoms with Crippen LogP contribution in [0.15, 0.2) is 66.1 Å². The van der Waals surface area contributed by atoms with Crippen molar-refractivity contribution < 1.29 is 14.7 Å². The number of ketones is 1. The highest BCUT2D eigenvalue weighted by Gasteiger charge is 2.16. The van der Waals surface area contributed by atoms with Gasteiger partial charge in [0.15, 0.2) is 5.78 Å². The minimum Gasteiger partial charge on any atom is -0.478 e. The summed E-state index contributed by atoms with van der Waals surface area (Å²) >= 11 is 1.70. The number of aromatic carboxylic acids is 1. The van der Waals surface area contributed by atoms with Crippen molar-refractivity contribution in [2.24, 2.45) is 0 Å². The molecule has 2 aromatic carbocycles. The Bertz CT molecular complexity index is 1050. The first-order valence-corrected chi connectivity index (χ1v) is 10.5. The first kappa shape index (κ1) is 19.2. The fourth-order valence-electron chi connectivity index (χ4n) is 3.57. The summed E-state index contributed by atoms with van der Waals surface area (Å²) in [4.78, 5) is 27.1. The highest BCUT2D eigenvalue weighted by molar-refractivity contribution is 7.13. The van der Waals surface area contributed by atoms with E-state index in [0.717, 1.165) is 29.9 Å². The predicted octanol–water partition coefficient (Wildman–Crippen LogP) is 5.61. The lowest BCUT2D eigenvalue weighted by molar-refractivity contribution is 0.0696. The molecule has 4 nitrogen and oxygen atoms in total. The molecule has 146 valence electrons. The van der Waals surface area contributed by atoms with E-state index in [-0.39, 0.29) is 11.3 Å². The van der Waals surface area contributed by atoms with Crippen LogP contribution in [0.3, 0.4) is 0 Å². The standard InChI is InChI=1S/C24H21NO3S/c26-22(17-5-7-18(8-6-17)24(27)28)12-10-19-16-20(23-4-3-15-29-23)9-11-21(19)25-13-1-2-14-25/h3-12,15-16H,1-2,13-14H2,(H,27,28). The number of allylic oxidation sites excluding steroid dienone is 1. The van der Waals surface area contributed by atoms with Crippen molar-refractivity contribution in [3.05, 3.63) is 82.7 Å². The molecule has 29 heavy (non-hydrogen) atoms. The Balaban J connectivity index is 1.63. The van der Waals surface area contributed by atoms with Gasteiger partial charge in [-0.3, -0.25) is 4.79 Å². The van der Waals surface area contributed by atoms with Crippen LogP contribution in [0.2, 0.25) is 0 Å². The van der Waals surface area contributed by atoms with E-state index in [1.54, 1.807) is 29.5 Å². The summed E-state index contributed by atoms with van der Waals surface area (Å²) in [5.74, 6) is -1.14. The van der Waals surface area contributed by atoms with Crippen LogP contribution < -0.4 is 4.90 Å². The number of hydrogen-bond acceptors (Lipinski definition) is 4. The van der Waals surface area contributed by atoms with E-state index < -0.39 is 5.97 Å². The van der Waals surface area contributed by atoms with Gasteiger partial charge in [0.25, 0.3) is 0 Å². The number of carboxylic acids is 1. The largest absolute Gasteiger partial charge is 0.478 e. The van der Waals surface area contributed by atoms with E-state index in [2.05, 4.69) is 34.5 Å². The Morgan fingerprint density at radius 2 is 1.69 bits per heavy atom. The second kappa shape index (κ2) is 8.45. The third-order valence-electron chi connectivity index (χ3n) is 5.11. The van der Waals surface area contributed by atoms with E-state index in [1.165, 1.54) is 29.9 Å². The maximum Gasteiger partial charge on any atom is 0.335 e. The zero-order valence-electron chi connectivity index (χ0n) is 15.9. The second-order valence-corrected chi connectivity index (χ2v) is 7.97. The molecule has 1 aliphatic rings. The van der Waals surface area contributed by atoms with Crippen molar-refractivity contribution in [1.82, 2.24) is 0 Å². The molecule has 0 amide bonds. The van der Waals surface area contributed by atoms with Crippen LogP contribution in [0, 0.1) is 0 Å². The van der Waals surface area contributed by atoms with Crippen LogP contribution in [-0.4, -0.2) is 29.9 Å². The second-order valence-electron chi connectivity index (χ2n) is 7.03. The number of carbonyl (C=O) groups excluding carboxylic acids is 1. The van der Waals surface area contributed by atoms with Crippen molar-refractivity contribution in [2.45, 2.75) is 12.8 Å². The fourth-order valence-corrected chi connectivity index (χ4v) is 4.29. The van der Waals surface area contributed by atoms with Gasteiger partial charge in [0.1, 0.15) is 0 Å². The minimum absolute atomic E-state index is 0.143. The van der Waals surface area contributed by atoms with Crippen molar-refractivity contribution >= 4 is 34.9 Å². The fraction of sp³-hybridized carbons (Fsp3) is 0.167. The number of hydrogen-bond donors (Lipinski definition) is 1. The molecule has 1 N–H and O–H groups in total. The van der Waals surface area contributed by atoms with E-state index in [0.29, 0.717) is 5.56 Å². The van der Waals surface area contributed by atoms with E-state index in [9.17, 15) is 9.59 Å². The predicted molar refractivity (Wildman–Crippen MR) is 118 cm³/mol. The van der Waals surface area contributed by atoms with Gasteiger partial charge < -0.3 is 10.0 Å². The molecule has 0 atom stereocenters. The number of carboxylic acid groups (broad SMARTS) is 1. The van der Waals surface area contributed by atoms with Crippen LogP contribution in [0.4, 0.5) is 5.69 Å². The highest BCUT2D eigenvalue weighted by atomic mass is 32.1. The Kier molecular flexibility index (Phi) is 5.58. The molecule has 1 fully saturated rings. The van der Waals surface area contributed by atoms with Gasteiger partial charge in [-0.05, 0) is 71.8 Å². The van der Waals surface area contributed by atoms with Crippen LogP contribution in [-0.2, 0) is 0 Å². The van der Waals surface area contributed by atoms with Crippen molar-refractivity contribution in [3.63, 3.8) is 0 Å². The maximum atomic E-state index is 12.6. The summed E-state index contributed by atoms with van der Waals surface area (Å²) in [6.45, 7) is 2.06. The number of nitrogens with zero attached hydrogens (tertiary/aromatic N) is 1. The van der Waals surface area contributed by atoms with Gasteiger partial charge in [0, 0.05) is 29.2 Å². The topological polar surface area (TPSA) is 57.6 Å². The van der Waals surface area contributed by atoms with Crippen LogP contribution in [0.1, 0.15) is 39.1 Å². The minimum atomic E-state index is -1.000. The number of anilines is 1. The third-order valence-corrected chi connectivity index (χ3v) is 6.03. The van der Waals surface area contributed by atoms with Gasteiger partial charge in [0.2, 0.25) is 0 Å². The quantitative estimate of drug-likeness (QED) is 0.429. The molecule has 2 heterocycles. The number of carbonyl (C=O) groups is 2. The van der Waals surface area contributed by atoms with Crippen molar-refractivity contribution in [3.8, 4) is 10.4 Å². The number of rotatable bonds is 6. The molecule has 0 spiro atoms. The number of benzene rings is 2. The molecule has 3 aromatic rings. The zero-order chi connectivity index (χ0) is 20.2. The molecule has 0 aliphatic carbocycles. The van der Waals surface area contributed by atoms with Crippen molar-refractivity contribution in [1.29, 1.82) is 0 Å². The van der Waals surface area contributed by atoms with Gasteiger partial charge in [-0.15, -0.1) is 11.3 Å². The Morgan fingerprint density at radius 3 is 2.34 bits per heavy atom. The Morgan fingerprint density at radius 1 is 0.966 bits per heavy atom. The lowest BCUT2D eigenvalue weighted by atomic mass is 10.0. The van der Waals surface area contributed by atoms with Crippen LogP contribution in [0.25, 0.3) is 16.5 Å². The lowest BCUT2D eigenvalue weighted by Crippen LogP contribution is -2.18. The molecule has 1 saturated heterocycles. The van der Waals surface area contributed by atoms with Gasteiger partial charge in [0.05, 0.1) is 5.56 Å². The molecule has 1 aliphatic heterocycles. The monoisotopic (exact) mass is 403 g/mol. The average Bonchev–Trinajstić information content (AvgIpc) is 3.46.